The molecule has 0 spiro atoms. The Morgan fingerprint density at radius 3 is 2.52 bits per heavy atom. The quantitative estimate of drug-likeness (QED) is 0.470. The number of methoxy groups -OCH3 is 1. The lowest BCUT2D eigenvalue weighted by Gasteiger charge is -2.11. The van der Waals surface area contributed by atoms with Crippen molar-refractivity contribution in [1.82, 2.24) is 0 Å². The van der Waals surface area contributed by atoms with Crippen LogP contribution in [0.5, 0.6) is 5.75 Å². The average Bonchev–Trinajstić information content (AvgIpc) is 2.89. The predicted molar refractivity (Wildman–Crippen MR) is 94.5 cm³/mol. The summed E-state index contributed by atoms with van der Waals surface area (Å²) in [5, 5.41) is 10.5. The predicted octanol–water partition coefficient (Wildman–Crippen LogP) is 3.84. The molecule has 1 aliphatic rings. The standard InChI is InChI=1S/C17H12N2O5S/c1-24-14-8-7-13(19(22)23)9-11(14)10-15-16(20)18(17(21)25-15)12-5-3-2-4-6-12/h2-10H,1H3/b15-10-. The van der Waals surface area contributed by atoms with Crippen LogP contribution in [0.15, 0.2) is 53.4 Å². The molecule has 0 N–H and O–H groups in total. The van der Waals surface area contributed by atoms with Crippen molar-refractivity contribution in [2.75, 3.05) is 12.0 Å². The van der Waals surface area contributed by atoms with E-state index in [1.165, 1.54) is 31.4 Å². The summed E-state index contributed by atoms with van der Waals surface area (Å²) in [5.41, 5.74) is 0.698. The van der Waals surface area contributed by atoms with Crippen molar-refractivity contribution < 1.29 is 19.2 Å². The number of nitro groups is 1. The summed E-state index contributed by atoms with van der Waals surface area (Å²) >= 11 is 0.778. The molecular formula is C17H12N2O5S. The van der Waals surface area contributed by atoms with Crippen molar-refractivity contribution in [3.05, 3.63) is 69.1 Å². The van der Waals surface area contributed by atoms with E-state index in [9.17, 15) is 19.7 Å². The first-order valence-electron chi connectivity index (χ1n) is 7.16. The second-order valence-electron chi connectivity index (χ2n) is 5.04. The van der Waals surface area contributed by atoms with E-state index in [4.69, 9.17) is 4.74 Å². The maximum atomic E-state index is 12.6. The number of carbonyl (C=O) groups is 2. The summed E-state index contributed by atoms with van der Waals surface area (Å²) in [4.78, 5) is 36.4. The maximum absolute atomic E-state index is 12.6. The molecule has 8 heteroatoms. The molecule has 1 aliphatic heterocycles. The molecule has 0 aromatic heterocycles. The second-order valence-corrected chi connectivity index (χ2v) is 6.03. The zero-order valence-electron chi connectivity index (χ0n) is 13.0. The Morgan fingerprint density at radius 1 is 1.16 bits per heavy atom. The minimum Gasteiger partial charge on any atom is -0.496 e. The second kappa shape index (κ2) is 6.78. The molecule has 3 rings (SSSR count). The molecule has 25 heavy (non-hydrogen) atoms. The minimum atomic E-state index is -0.535. The van der Waals surface area contributed by atoms with Gasteiger partial charge < -0.3 is 4.74 Å². The lowest BCUT2D eigenvalue weighted by molar-refractivity contribution is -0.384. The van der Waals surface area contributed by atoms with Crippen LogP contribution in [0.4, 0.5) is 16.2 Å². The molecule has 0 unspecified atom stereocenters. The molecule has 1 fully saturated rings. The SMILES string of the molecule is COc1ccc([N+](=O)[O-])cc1/C=C1\SC(=O)N(c2ccccc2)C1=O. The van der Waals surface area contributed by atoms with Gasteiger partial charge in [-0.15, -0.1) is 0 Å². The molecular weight excluding hydrogens is 344 g/mol. The maximum Gasteiger partial charge on any atom is 0.298 e. The number of anilines is 1. The van der Waals surface area contributed by atoms with E-state index in [0.29, 0.717) is 17.0 Å². The van der Waals surface area contributed by atoms with Gasteiger partial charge in [0, 0.05) is 17.7 Å². The fraction of sp³-hybridized carbons (Fsp3) is 0.0588. The number of nitro benzene ring substituents is 1. The van der Waals surface area contributed by atoms with Crippen molar-refractivity contribution in [2.24, 2.45) is 0 Å². The number of rotatable bonds is 4. The van der Waals surface area contributed by atoms with Gasteiger partial charge in [0.15, 0.2) is 0 Å². The third kappa shape index (κ3) is 3.24. The van der Waals surface area contributed by atoms with Crippen LogP contribution in [0, 0.1) is 10.1 Å². The van der Waals surface area contributed by atoms with E-state index in [1.807, 2.05) is 0 Å². The van der Waals surface area contributed by atoms with Crippen molar-refractivity contribution in [2.45, 2.75) is 0 Å². The summed E-state index contributed by atoms with van der Waals surface area (Å²) in [6.07, 6.45) is 1.43. The van der Waals surface area contributed by atoms with E-state index < -0.39 is 16.1 Å². The highest BCUT2D eigenvalue weighted by Gasteiger charge is 2.36. The highest BCUT2D eigenvalue weighted by Crippen LogP contribution is 2.37. The van der Waals surface area contributed by atoms with E-state index in [2.05, 4.69) is 0 Å². The molecule has 0 aliphatic carbocycles. The number of ether oxygens (including phenoxy) is 1. The molecule has 1 heterocycles. The van der Waals surface area contributed by atoms with Gasteiger partial charge in [-0.25, -0.2) is 4.90 Å². The highest BCUT2D eigenvalue weighted by molar-refractivity contribution is 8.19. The number of hydrogen-bond donors (Lipinski definition) is 0. The van der Waals surface area contributed by atoms with E-state index in [-0.39, 0.29) is 10.6 Å². The van der Waals surface area contributed by atoms with Gasteiger partial charge in [0.2, 0.25) is 0 Å². The van der Waals surface area contributed by atoms with Crippen LogP contribution in [0.25, 0.3) is 6.08 Å². The van der Waals surface area contributed by atoms with Crippen LogP contribution in [-0.2, 0) is 4.79 Å². The number of imide groups is 1. The van der Waals surface area contributed by atoms with Crippen LogP contribution in [0.1, 0.15) is 5.56 Å². The topological polar surface area (TPSA) is 89.8 Å². The first-order valence-corrected chi connectivity index (χ1v) is 7.98. The number of amides is 2. The van der Waals surface area contributed by atoms with Gasteiger partial charge in [-0.2, -0.15) is 0 Å². The van der Waals surface area contributed by atoms with Crippen LogP contribution >= 0.6 is 11.8 Å². The molecule has 2 aromatic rings. The van der Waals surface area contributed by atoms with Crippen LogP contribution in [0.3, 0.4) is 0 Å². The van der Waals surface area contributed by atoms with E-state index in [0.717, 1.165) is 16.7 Å². The van der Waals surface area contributed by atoms with Crippen molar-refractivity contribution >= 4 is 40.4 Å². The van der Waals surface area contributed by atoms with Gasteiger partial charge in [0.25, 0.3) is 16.8 Å². The zero-order valence-corrected chi connectivity index (χ0v) is 13.9. The average molecular weight is 356 g/mol. The molecule has 2 aromatic carbocycles. The van der Waals surface area contributed by atoms with Gasteiger partial charge >= 0.3 is 0 Å². The fourth-order valence-electron chi connectivity index (χ4n) is 2.36. The molecule has 0 radical (unpaired) electrons. The monoisotopic (exact) mass is 356 g/mol. The Bertz CT molecular complexity index is 895. The largest absolute Gasteiger partial charge is 0.496 e. The van der Waals surface area contributed by atoms with Gasteiger partial charge in [-0.05, 0) is 36.0 Å². The minimum absolute atomic E-state index is 0.130. The lowest BCUT2D eigenvalue weighted by Crippen LogP contribution is -2.27. The van der Waals surface area contributed by atoms with Gasteiger partial charge in [0.1, 0.15) is 5.75 Å². The van der Waals surface area contributed by atoms with E-state index in [1.54, 1.807) is 30.3 Å². The van der Waals surface area contributed by atoms with Crippen LogP contribution in [0.2, 0.25) is 0 Å². The number of non-ortho nitro benzene ring substituents is 1. The summed E-state index contributed by atoms with van der Waals surface area (Å²) < 4.78 is 5.18. The Morgan fingerprint density at radius 2 is 1.88 bits per heavy atom. The summed E-state index contributed by atoms with van der Waals surface area (Å²) in [6.45, 7) is 0. The molecule has 2 amide bonds. The molecule has 0 atom stereocenters. The number of carbonyl (C=O) groups excluding carboxylic acids is 2. The number of para-hydroxylation sites is 1. The molecule has 1 saturated heterocycles. The first kappa shape index (κ1) is 16.7. The van der Waals surface area contributed by atoms with Crippen molar-refractivity contribution in [1.29, 1.82) is 0 Å². The molecule has 0 saturated carbocycles. The highest BCUT2D eigenvalue weighted by atomic mass is 32.2. The summed E-state index contributed by atoms with van der Waals surface area (Å²) in [6, 6.07) is 12.6. The van der Waals surface area contributed by atoms with Crippen molar-refractivity contribution in [3.8, 4) is 5.75 Å². The number of nitrogens with zero attached hydrogens (tertiary/aromatic N) is 2. The van der Waals surface area contributed by atoms with Gasteiger partial charge in [-0.1, -0.05) is 18.2 Å². The first-order chi connectivity index (χ1) is 12.0. The Hall–Kier alpha value is -3.13. The third-order valence-electron chi connectivity index (χ3n) is 3.52. The molecule has 126 valence electrons. The van der Waals surface area contributed by atoms with Crippen LogP contribution in [-0.4, -0.2) is 23.2 Å². The number of benzene rings is 2. The lowest BCUT2D eigenvalue weighted by atomic mass is 10.1. The van der Waals surface area contributed by atoms with Gasteiger partial charge in [0.05, 0.1) is 22.6 Å². The normalized spacial score (nSPS) is 15.7. The zero-order chi connectivity index (χ0) is 18.0. The van der Waals surface area contributed by atoms with E-state index >= 15 is 0 Å². The summed E-state index contributed by atoms with van der Waals surface area (Å²) in [5.74, 6) is -0.105. The molecule has 0 bridgehead atoms. The van der Waals surface area contributed by atoms with Gasteiger partial charge in [-0.3, -0.25) is 19.7 Å². The van der Waals surface area contributed by atoms with Crippen molar-refractivity contribution in [3.63, 3.8) is 0 Å². The Kier molecular flexibility index (Phi) is 4.53. The third-order valence-corrected chi connectivity index (χ3v) is 4.39. The Labute approximate surface area is 147 Å². The summed E-state index contributed by atoms with van der Waals surface area (Å²) in [7, 11) is 1.42. The Balaban J connectivity index is 2.00. The van der Waals surface area contributed by atoms with Crippen LogP contribution < -0.4 is 9.64 Å². The fourth-order valence-corrected chi connectivity index (χ4v) is 3.19. The number of hydrogen-bond acceptors (Lipinski definition) is 6. The smallest absolute Gasteiger partial charge is 0.298 e. The molecule has 7 nitrogen and oxygen atoms in total. The number of thioether (sulfide) groups is 1.